The van der Waals surface area contributed by atoms with Crippen LogP contribution in [0.15, 0.2) is 60.9 Å². The Morgan fingerprint density at radius 3 is 2.70 bits per heavy atom. The van der Waals surface area contributed by atoms with E-state index in [0.29, 0.717) is 18.7 Å². The monoisotopic (exact) mass is 442 g/mol. The Balaban J connectivity index is 1.47. The third-order valence-corrected chi connectivity index (χ3v) is 6.41. The largest absolute Gasteiger partial charge is 0.334 e. The van der Waals surface area contributed by atoms with Gasteiger partial charge in [-0.1, -0.05) is 36.4 Å². The van der Waals surface area contributed by atoms with Crippen LogP contribution in [0, 0.1) is 19.7 Å². The molecule has 4 aromatic rings. The molecular weight excluding hydrogens is 415 g/mol. The summed E-state index contributed by atoms with van der Waals surface area (Å²) in [5, 5.41) is 0. The summed E-state index contributed by atoms with van der Waals surface area (Å²) in [6.07, 6.45) is 6.93. The van der Waals surface area contributed by atoms with Gasteiger partial charge in [0, 0.05) is 42.7 Å². The third-order valence-electron chi connectivity index (χ3n) is 6.41. The highest BCUT2D eigenvalue weighted by Crippen LogP contribution is 2.28. The number of likely N-dealkylation sites (tertiary alicyclic amines) is 1. The summed E-state index contributed by atoms with van der Waals surface area (Å²) in [4.78, 5) is 25.2. The lowest BCUT2D eigenvalue weighted by Crippen LogP contribution is -2.45. The van der Waals surface area contributed by atoms with Crippen molar-refractivity contribution in [2.75, 3.05) is 6.54 Å². The number of nitrogens with zero attached hydrogens (tertiary/aromatic N) is 4. The Bertz CT molecular complexity index is 1310. The average molecular weight is 443 g/mol. The standard InChI is InChI=1S/C27H27FN4O/c1-18-14-21(28)16-31-17-22(30-26(18)31)15-23-10-6-7-13-32(23)27(33)25-24(12-11-19(2)29-25)20-8-4-3-5-9-20/h3-5,8-9,11-12,14,16-17,23H,6-7,10,13,15H2,1-2H3. The Morgan fingerprint density at radius 2 is 1.88 bits per heavy atom. The molecule has 0 bridgehead atoms. The summed E-state index contributed by atoms with van der Waals surface area (Å²) in [5.41, 5.74) is 5.59. The number of piperidine rings is 1. The molecule has 1 aliphatic rings. The number of carbonyl (C=O) groups is 1. The smallest absolute Gasteiger partial charge is 0.273 e. The Labute approximate surface area is 192 Å². The molecule has 1 fully saturated rings. The lowest BCUT2D eigenvalue weighted by Gasteiger charge is -2.35. The number of carbonyl (C=O) groups excluding carboxylic acids is 1. The number of fused-ring (bicyclic) bond motifs is 1. The molecule has 0 saturated carbocycles. The highest BCUT2D eigenvalue weighted by molar-refractivity contribution is 5.99. The summed E-state index contributed by atoms with van der Waals surface area (Å²) in [7, 11) is 0. The highest BCUT2D eigenvalue weighted by atomic mass is 19.1. The minimum Gasteiger partial charge on any atom is -0.334 e. The molecule has 1 saturated heterocycles. The fourth-order valence-corrected chi connectivity index (χ4v) is 4.80. The number of aromatic nitrogens is 3. The first-order valence-electron chi connectivity index (χ1n) is 11.5. The molecule has 5 nitrogen and oxygen atoms in total. The first kappa shape index (κ1) is 21.3. The molecule has 168 valence electrons. The van der Waals surface area contributed by atoms with Crippen molar-refractivity contribution in [3.8, 4) is 11.1 Å². The van der Waals surface area contributed by atoms with E-state index in [9.17, 15) is 9.18 Å². The van der Waals surface area contributed by atoms with Crippen LogP contribution in [0.4, 0.5) is 4.39 Å². The van der Waals surface area contributed by atoms with Gasteiger partial charge >= 0.3 is 0 Å². The van der Waals surface area contributed by atoms with Gasteiger partial charge in [0.05, 0.1) is 5.69 Å². The van der Waals surface area contributed by atoms with Gasteiger partial charge in [-0.3, -0.25) is 4.79 Å². The maximum absolute atomic E-state index is 13.8. The number of rotatable bonds is 4. The SMILES string of the molecule is Cc1ccc(-c2ccccc2)c(C(=O)N2CCCCC2Cc2cn3cc(F)cc(C)c3n2)n1. The minimum absolute atomic E-state index is 0.0340. The molecular formula is C27H27FN4O. The number of hydrogen-bond acceptors (Lipinski definition) is 3. The third kappa shape index (κ3) is 4.25. The van der Waals surface area contributed by atoms with E-state index in [0.717, 1.165) is 53.0 Å². The zero-order chi connectivity index (χ0) is 22.9. The van der Waals surface area contributed by atoms with Gasteiger partial charge in [-0.25, -0.2) is 14.4 Å². The number of benzene rings is 1. The molecule has 3 aromatic heterocycles. The van der Waals surface area contributed by atoms with E-state index in [1.54, 1.807) is 4.40 Å². The van der Waals surface area contributed by atoms with E-state index in [1.807, 2.05) is 67.4 Å². The van der Waals surface area contributed by atoms with Crippen molar-refractivity contribution in [2.45, 2.75) is 45.6 Å². The van der Waals surface area contributed by atoms with Gasteiger partial charge in [-0.2, -0.15) is 0 Å². The summed E-state index contributed by atoms with van der Waals surface area (Å²) in [6, 6.07) is 15.4. The normalized spacial score (nSPS) is 16.3. The molecule has 33 heavy (non-hydrogen) atoms. The van der Waals surface area contributed by atoms with Crippen molar-refractivity contribution in [1.29, 1.82) is 0 Å². The van der Waals surface area contributed by atoms with Gasteiger partial charge in [-0.05, 0) is 56.4 Å². The highest BCUT2D eigenvalue weighted by Gasteiger charge is 2.30. The van der Waals surface area contributed by atoms with Crippen molar-refractivity contribution in [2.24, 2.45) is 0 Å². The van der Waals surface area contributed by atoms with E-state index < -0.39 is 0 Å². The zero-order valence-corrected chi connectivity index (χ0v) is 19.0. The van der Waals surface area contributed by atoms with Crippen LogP contribution < -0.4 is 0 Å². The summed E-state index contributed by atoms with van der Waals surface area (Å²) < 4.78 is 15.6. The van der Waals surface area contributed by atoms with E-state index in [4.69, 9.17) is 4.98 Å². The lowest BCUT2D eigenvalue weighted by molar-refractivity contribution is 0.0607. The van der Waals surface area contributed by atoms with Gasteiger partial charge in [0.25, 0.3) is 5.91 Å². The topological polar surface area (TPSA) is 50.5 Å². The minimum atomic E-state index is -0.280. The van der Waals surface area contributed by atoms with Gasteiger partial charge < -0.3 is 9.30 Å². The summed E-state index contributed by atoms with van der Waals surface area (Å²) in [6.45, 7) is 4.48. The molecule has 0 radical (unpaired) electrons. The van der Waals surface area contributed by atoms with E-state index in [2.05, 4.69) is 4.98 Å². The molecule has 0 aliphatic carbocycles. The second-order valence-corrected chi connectivity index (χ2v) is 8.87. The van der Waals surface area contributed by atoms with Gasteiger partial charge in [-0.15, -0.1) is 0 Å². The van der Waals surface area contributed by atoms with Gasteiger partial charge in [0.15, 0.2) is 0 Å². The van der Waals surface area contributed by atoms with E-state index >= 15 is 0 Å². The van der Waals surface area contributed by atoms with Crippen molar-refractivity contribution >= 4 is 11.6 Å². The molecule has 5 rings (SSSR count). The summed E-state index contributed by atoms with van der Waals surface area (Å²) >= 11 is 0. The van der Waals surface area contributed by atoms with Crippen molar-refractivity contribution in [1.82, 2.24) is 19.3 Å². The maximum atomic E-state index is 13.8. The molecule has 6 heteroatoms. The van der Waals surface area contributed by atoms with Crippen LogP contribution in [0.25, 0.3) is 16.8 Å². The Kier molecular flexibility index (Phi) is 5.67. The number of imidazole rings is 1. The van der Waals surface area contributed by atoms with Crippen LogP contribution in [-0.2, 0) is 6.42 Å². The zero-order valence-electron chi connectivity index (χ0n) is 19.0. The summed E-state index contributed by atoms with van der Waals surface area (Å²) in [5.74, 6) is -0.314. The predicted octanol–water partition coefficient (Wildman–Crippen LogP) is 5.39. The molecule has 1 aromatic carbocycles. The van der Waals surface area contributed by atoms with Crippen molar-refractivity contribution < 1.29 is 9.18 Å². The quantitative estimate of drug-likeness (QED) is 0.426. The number of hydrogen-bond donors (Lipinski definition) is 0. The molecule has 4 heterocycles. The van der Waals surface area contributed by atoms with Crippen molar-refractivity contribution in [3.63, 3.8) is 0 Å². The fraction of sp³-hybridized carbons (Fsp3) is 0.296. The number of pyridine rings is 2. The van der Waals surface area contributed by atoms with Crippen LogP contribution in [0.3, 0.4) is 0 Å². The van der Waals surface area contributed by atoms with Crippen LogP contribution in [0.5, 0.6) is 0 Å². The number of halogens is 1. The molecule has 1 atom stereocenters. The van der Waals surface area contributed by atoms with Gasteiger partial charge in [0.1, 0.15) is 17.2 Å². The number of aryl methyl sites for hydroxylation is 2. The van der Waals surface area contributed by atoms with Crippen LogP contribution in [0.2, 0.25) is 0 Å². The molecule has 1 amide bonds. The molecule has 1 unspecified atom stereocenters. The first-order valence-corrected chi connectivity index (χ1v) is 11.5. The van der Waals surface area contributed by atoms with Crippen molar-refractivity contribution in [3.05, 3.63) is 89.4 Å². The van der Waals surface area contributed by atoms with Gasteiger partial charge in [0.2, 0.25) is 0 Å². The molecule has 0 spiro atoms. The Morgan fingerprint density at radius 1 is 1.06 bits per heavy atom. The maximum Gasteiger partial charge on any atom is 0.273 e. The first-order chi connectivity index (χ1) is 16.0. The van der Waals surface area contributed by atoms with E-state index in [-0.39, 0.29) is 17.8 Å². The Hall–Kier alpha value is -3.54. The predicted molar refractivity (Wildman–Crippen MR) is 127 cm³/mol. The molecule has 0 N–H and O–H groups in total. The average Bonchev–Trinajstić information content (AvgIpc) is 3.22. The van der Waals surface area contributed by atoms with Crippen LogP contribution in [0.1, 0.15) is 46.7 Å². The second-order valence-electron chi connectivity index (χ2n) is 8.87. The van der Waals surface area contributed by atoms with E-state index in [1.165, 1.54) is 12.3 Å². The van der Waals surface area contributed by atoms with Crippen LogP contribution >= 0.6 is 0 Å². The van der Waals surface area contributed by atoms with Crippen LogP contribution in [-0.4, -0.2) is 37.8 Å². The fourth-order valence-electron chi connectivity index (χ4n) is 4.80. The molecule has 1 aliphatic heterocycles. The second kappa shape index (κ2) is 8.77. The lowest BCUT2D eigenvalue weighted by atomic mass is 9.96. The number of amides is 1.